The van der Waals surface area contributed by atoms with Crippen LogP contribution in [0.5, 0.6) is 0 Å². The summed E-state index contributed by atoms with van der Waals surface area (Å²) in [5, 5.41) is 13.3. The molecule has 0 saturated carbocycles. The summed E-state index contributed by atoms with van der Waals surface area (Å²) in [4.78, 5) is 12.2. The Morgan fingerprint density at radius 2 is 1.92 bits per heavy atom. The highest BCUT2D eigenvalue weighted by Crippen LogP contribution is 2.14. The molecule has 5 nitrogen and oxygen atoms in total. The van der Waals surface area contributed by atoms with Crippen molar-refractivity contribution in [2.24, 2.45) is 0 Å². The maximum absolute atomic E-state index is 12.2. The molecule has 1 heterocycles. The Bertz CT molecular complexity index is 905. The summed E-state index contributed by atoms with van der Waals surface area (Å²) in [5.41, 5.74) is 3.55. The Morgan fingerprint density at radius 1 is 1.17 bits per heavy atom. The van der Waals surface area contributed by atoms with Gasteiger partial charge in [-0.1, -0.05) is 18.2 Å². The quantitative estimate of drug-likeness (QED) is 0.692. The monoisotopic (exact) mass is 317 g/mol. The van der Waals surface area contributed by atoms with Crippen molar-refractivity contribution in [3.63, 3.8) is 0 Å². The van der Waals surface area contributed by atoms with E-state index in [4.69, 9.17) is 10.00 Å². The fraction of sp³-hybridized carbons (Fsp3) is 0.105. The number of nitriles is 1. The molecule has 0 aliphatic carbocycles. The van der Waals surface area contributed by atoms with E-state index in [1.807, 2.05) is 31.2 Å². The lowest BCUT2D eigenvalue weighted by molar-refractivity contribution is 0.0472. The van der Waals surface area contributed by atoms with Crippen LogP contribution in [-0.2, 0) is 11.3 Å². The van der Waals surface area contributed by atoms with Crippen molar-refractivity contribution >= 4 is 5.97 Å². The first kappa shape index (κ1) is 15.5. The van der Waals surface area contributed by atoms with Crippen molar-refractivity contribution in [2.75, 3.05) is 0 Å². The van der Waals surface area contributed by atoms with Gasteiger partial charge in [0.25, 0.3) is 0 Å². The minimum atomic E-state index is -0.425. The molecule has 0 N–H and O–H groups in total. The van der Waals surface area contributed by atoms with E-state index in [1.54, 1.807) is 41.2 Å². The first-order valence-corrected chi connectivity index (χ1v) is 7.45. The van der Waals surface area contributed by atoms with Gasteiger partial charge < -0.3 is 4.74 Å². The molecule has 1 aromatic heterocycles. The molecule has 0 amide bonds. The summed E-state index contributed by atoms with van der Waals surface area (Å²) in [5.74, 6) is -0.425. The molecule has 0 atom stereocenters. The van der Waals surface area contributed by atoms with Crippen LogP contribution < -0.4 is 0 Å². The van der Waals surface area contributed by atoms with E-state index in [1.165, 1.54) is 0 Å². The zero-order chi connectivity index (χ0) is 16.9. The van der Waals surface area contributed by atoms with Gasteiger partial charge in [-0.2, -0.15) is 10.4 Å². The SMILES string of the molecule is Cc1ccnn1-c1ccc(C(=O)OCc2ccccc2C#N)cc1. The van der Waals surface area contributed by atoms with Crippen LogP contribution in [0, 0.1) is 18.3 Å². The van der Waals surface area contributed by atoms with E-state index in [2.05, 4.69) is 11.2 Å². The van der Waals surface area contributed by atoms with Gasteiger partial charge in [-0.15, -0.1) is 0 Å². The van der Waals surface area contributed by atoms with Crippen molar-refractivity contribution in [1.29, 1.82) is 5.26 Å². The highest BCUT2D eigenvalue weighted by Gasteiger charge is 2.10. The molecule has 0 saturated heterocycles. The van der Waals surface area contributed by atoms with Crippen LogP contribution in [0.4, 0.5) is 0 Å². The van der Waals surface area contributed by atoms with Gasteiger partial charge in [0.2, 0.25) is 0 Å². The number of nitrogens with zero attached hydrogens (tertiary/aromatic N) is 3. The highest BCUT2D eigenvalue weighted by molar-refractivity contribution is 5.89. The van der Waals surface area contributed by atoms with Crippen molar-refractivity contribution < 1.29 is 9.53 Å². The second-order valence-corrected chi connectivity index (χ2v) is 5.28. The first-order valence-electron chi connectivity index (χ1n) is 7.45. The zero-order valence-electron chi connectivity index (χ0n) is 13.1. The fourth-order valence-electron chi connectivity index (χ4n) is 2.36. The largest absolute Gasteiger partial charge is 0.457 e. The van der Waals surface area contributed by atoms with Crippen LogP contribution in [0.2, 0.25) is 0 Å². The molecule has 118 valence electrons. The smallest absolute Gasteiger partial charge is 0.338 e. The number of carbonyl (C=O) groups is 1. The topological polar surface area (TPSA) is 67.9 Å². The van der Waals surface area contributed by atoms with Crippen molar-refractivity contribution in [1.82, 2.24) is 9.78 Å². The average Bonchev–Trinajstić information content (AvgIpc) is 3.06. The Kier molecular flexibility index (Phi) is 4.39. The molecule has 24 heavy (non-hydrogen) atoms. The number of hydrogen-bond acceptors (Lipinski definition) is 4. The van der Waals surface area contributed by atoms with E-state index < -0.39 is 5.97 Å². The lowest BCUT2D eigenvalue weighted by Gasteiger charge is -2.08. The van der Waals surface area contributed by atoms with Gasteiger partial charge in [-0.05, 0) is 43.3 Å². The number of carbonyl (C=O) groups excluding carboxylic acids is 1. The standard InChI is InChI=1S/C19H15N3O2/c1-14-10-11-21-22(14)18-8-6-15(7-9-18)19(23)24-13-17-5-3-2-4-16(17)12-20/h2-11H,13H2,1H3. The first-order chi connectivity index (χ1) is 11.7. The number of aromatic nitrogens is 2. The number of rotatable bonds is 4. The minimum Gasteiger partial charge on any atom is -0.457 e. The van der Waals surface area contributed by atoms with E-state index in [0.717, 1.165) is 11.4 Å². The molecule has 3 aromatic rings. The average molecular weight is 317 g/mol. The Balaban J connectivity index is 1.70. The number of aryl methyl sites for hydroxylation is 1. The molecule has 0 aliphatic heterocycles. The van der Waals surface area contributed by atoms with Gasteiger partial charge in [-0.3, -0.25) is 0 Å². The van der Waals surface area contributed by atoms with Crippen LogP contribution in [0.3, 0.4) is 0 Å². The summed E-state index contributed by atoms with van der Waals surface area (Å²) in [6.07, 6.45) is 1.73. The van der Waals surface area contributed by atoms with Gasteiger partial charge in [0.05, 0.1) is 22.9 Å². The third-order valence-corrected chi connectivity index (χ3v) is 3.68. The van der Waals surface area contributed by atoms with Crippen LogP contribution in [0.25, 0.3) is 5.69 Å². The summed E-state index contributed by atoms with van der Waals surface area (Å²) in [7, 11) is 0. The number of hydrogen-bond donors (Lipinski definition) is 0. The third kappa shape index (κ3) is 3.18. The Morgan fingerprint density at radius 3 is 2.58 bits per heavy atom. The second-order valence-electron chi connectivity index (χ2n) is 5.28. The maximum atomic E-state index is 12.2. The number of benzene rings is 2. The normalized spacial score (nSPS) is 10.2. The van der Waals surface area contributed by atoms with Gasteiger partial charge in [0.15, 0.2) is 0 Å². The highest BCUT2D eigenvalue weighted by atomic mass is 16.5. The molecule has 2 aromatic carbocycles. The number of ether oxygens (including phenoxy) is 1. The van der Waals surface area contributed by atoms with Crippen LogP contribution in [0.1, 0.15) is 27.2 Å². The van der Waals surface area contributed by atoms with Crippen molar-refractivity contribution in [3.8, 4) is 11.8 Å². The zero-order valence-corrected chi connectivity index (χ0v) is 13.1. The molecule has 0 fully saturated rings. The molecule has 0 bridgehead atoms. The molecule has 5 heteroatoms. The molecular weight excluding hydrogens is 302 g/mol. The number of esters is 1. The van der Waals surface area contributed by atoms with E-state index in [-0.39, 0.29) is 6.61 Å². The predicted octanol–water partition coefficient (Wildman–Crippen LogP) is 3.41. The van der Waals surface area contributed by atoms with Crippen LogP contribution >= 0.6 is 0 Å². The molecule has 3 rings (SSSR count). The van der Waals surface area contributed by atoms with Gasteiger partial charge in [0.1, 0.15) is 6.61 Å². The van der Waals surface area contributed by atoms with Crippen LogP contribution in [-0.4, -0.2) is 15.7 Å². The molecule has 0 aliphatic rings. The Hall–Kier alpha value is -3.39. The fourth-order valence-corrected chi connectivity index (χ4v) is 2.36. The lowest BCUT2D eigenvalue weighted by atomic mass is 10.1. The van der Waals surface area contributed by atoms with Gasteiger partial charge in [0, 0.05) is 17.5 Å². The summed E-state index contributed by atoms with van der Waals surface area (Å²) < 4.78 is 7.09. The van der Waals surface area contributed by atoms with Gasteiger partial charge in [-0.25, -0.2) is 9.48 Å². The minimum absolute atomic E-state index is 0.0720. The molecule has 0 radical (unpaired) electrons. The van der Waals surface area contributed by atoms with E-state index in [9.17, 15) is 4.79 Å². The maximum Gasteiger partial charge on any atom is 0.338 e. The summed E-state index contributed by atoms with van der Waals surface area (Å²) >= 11 is 0. The van der Waals surface area contributed by atoms with E-state index in [0.29, 0.717) is 16.7 Å². The van der Waals surface area contributed by atoms with Crippen molar-refractivity contribution in [3.05, 3.63) is 83.2 Å². The lowest BCUT2D eigenvalue weighted by Crippen LogP contribution is -2.07. The third-order valence-electron chi connectivity index (χ3n) is 3.68. The molecule has 0 unspecified atom stereocenters. The molecule has 0 spiro atoms. The molecular formula is C19H15N3O2. The predicted molar refractivity (Wildman–Crippen MR) is 88.6 cm³/mol. The van der Waals surface area contributed by atoms with Crippen molar-refractivity contribution in [2.45, 2.75) is 13.5 Å². The summed E-state index contributed by atoms with van der Waals surface area (Å²) in [6.45, 7) is 2.03. The van der Waals surface area contributed by atoms with Crippen LogP contribution in [0.15, 0.2) is 60.8 Å². The van der Waals surface area contributed by atoms with E-state index >= 15 is 0 Å². The van der Waals surface area contributed by atoms with Gasteiger partial charge >= 0.3 is 5.97 Å². The Labute approximate surface area is 139 Å². The second kappa shape index (κ2) is 6.80. The summed E-state index contributed by atoms with van der Waals surface area (Å²) in [6, 6.07) is 18.1.